The van der Waals surface area contributed by atoms with Gasteiger partial charge < -0.3 is 38.9 Å². The van der Waals surface area contributed by atoms with E-state index in [0.717, 1.165) is 55.4 Å². The number of hydrogen-bond donors (Lipinski definition) is 2. The van der Waals surface area contributed by atoms with Crippen molar-refractivity contribution in [1.29, 1.82) is 0 Å². The summed E-state index contributed by atoms with van der Waals surface area (Å²) < 4.78 is 3.85. The third-order valence-electron chi connectivity index (χ3n) is 9.66. The number of hydrogen-bond acceptors (Lipinski definition) is 8. The first kappa shape index (κ1) is 38.7. The molecule has 262 valence electrons. The van der Waals surface area contributed by atoms with Gasteiger partial charge in [-0.15, -0.1) is 0 Å². The molecule has 0 spiro atoms. The number of aromatic nitrogens is 8. The van der Waals surface area contributed by atoms with Gasteiger partial charge in [0.25, 0.3) is 0 Å². The molecule has 14 heteroatoms. The van der Waals surface area contributed by atoms with Crippen LogP contribution in [0.15, 0.2) is 97.6 Å². The minimum absolute atomic E-state index is 0. The first-order valence-electron chi connectivity index (χ1n) is 17.0. The van der Waals surface area contributed by atoms with Crippen LogP contribution in [0, 0.1) is 0 Å². The van der Waals surface area contributed by atoms with E-state index in [0.29, 0.717) is 34.4 Å². The summed E-state index contributed by atoms with van der Waals surface area (Å²) in [7, 11) is 3.83. The molecule has 0 atom stereocenters. The maximum absolute atomic E-state index is 11.7. The van der Waals surface area contributed by atoms with Crippen molar-refractivity contribution in [2.75, 3.05) is 0 Å². The number of nitrogens with zero attached hydrogens (tertiary/aromatic N) is 6. The number of benzene rings is 2. The summed E-state index contributed by atoms with van der Waals surface area (Å²) in [5.74, 6) is -1.16. The molecule has 56 heavy (non-hydrogen) atoms. The minimum Gasteiger partial charge on any atom is -0.545 e. The predicted octanol–water partition coefficient (Wildman–Crippen LogP) is -0.474. The van der Waals surface area contributed by atoms with Gasteiger partial charge >= 0.3 is 59.1 Å². The van der Waals surface area contributed by atoms with Crippen LogP contribution in [-0.2, 0) is 14.1 Å². The molecule has 5 aromatic heterocycles. The van der Waals surface area contributed by atoms with E-state index in [1.807, 2.05) is 84.2 Å². The molecule has 12 nitrogen and oxygen atoms in total. The van der Waals surface area contributed by atoms with Crippen molar-refractivity contribution >= 4 is 58.3 Å². The number of H-pyrrole nitrogens is 2. The number of aromatic amines is 2. The zero-order chi connectivity index (χ0) is 37.1. The van der Waals surface area contributed by atoms with E-state index in [1.165, 1.54) is 24.3 Å². The van der Waals surface area contributed by atoms with Crippen LogP contribution in [0.2, 0.25) is 0 Å². The third kappa shape index (κ3) is 6.81. The maximum Gasteiger partial charge on any atom is 1.00 e. The molecule has 0 amide bonds. The standard InChI is InChI=1S/C42H30N8O4.2Na/c1-49-21-19-43-39(49)37-31-15-11-27(45-31)35(23-3-7-25(8-4-23)41(51)52)29-13-17-33(47-29)38(40-44-20-22-50(40)2)34-18-14-30(48-34)36(28-12-16-32(37)46-28)24-5-9-26(10-6-24)42(53)54;;/h3-22,45,48H,1-2H3,(H,51,52)(H,53,54);;/q;2*+1/p-2. The number of aromatic carboxylic acids is 2. The smallest absolute Gasteiger partial charge is 0.545 e. The van der Waals surface area contributed by atoms with Crippen molar-refractivity contribution < 1.29 is 78.9 Å². The monoisotopic (exact) mass is 754 g/mol. The molecule has 0 unspecified atom stereocenters. The second kappa shape index (κ2) is 15.5. The molecule has 2 aliphatic rings. The van der Waals surface area contributed by atoms with Gasteiger partial charge in [-0.1, -0.05) is 48.5 Å². The second-order valence-corrected chi connectivity index (χ2v) is 13.0. The molecule has 2 aliphatic heterocycles. The Morgan fingerprint density at radius 1 is 0.500 bits per heavy atom. The fraction of sp³-hybridized carbons (Fsp3) is 0.0476. The van der Waals surface area contributed by atoms with E-state index >= 15 is 0 Å². The molecule has 2 N–H and O–H groups in total. The Morgan fingerprint density at radius 2 is 0.821 bits per heavy atom. The number of carboxylic acid groups (broad SMARTS) is 2. The van der Waals surface area contributed by atoms with Crippen LogP contribution in [0.25, 0.3) is 91.4 Å². The Kier molecular flexibility index (Phi) is 10.7. The van der Waals surface area contributed by atoms with Crippen LogP contribution in [-0.4, -0.2) is 51.0 Å². The molecule has 0 saturated carbocycles. The van der Waals surface area contributed by atoms with Crippen molar-refractivity contribution in [3.8, 4) is 45.0 Å². The molecule has 2 aromatic carbocycles. The van der Waals surface area contributed by atoms with Gasteiger partial charge in [-0.25, -0.2) is 19.9 Å². The summed E-state index contributed by atoms with van der Waals surface area (Å²) in [6, 6.07) is 21.0. The number of rotatable bonds is 6. The number of aryl methyl sites for hydroxylation is 2. The molecule has 8 bridgehead atoms. The average Bonchev–Trinajstić information content (AvgIpc) is 4.02. The van der Waals surface area contributed by atoms with Crippen LogP contribution in [0.3, 0.4) is 0 Å². The quantitative estimate of drug-likeness (QED) is 0.215. The van der Waals surface area contributed by atoms with Crippen LogP contribution < -0.4 is 69.3 Å². The molecule has 0 saturated heterocycles. The summed E-state index contributed by atoms with van der Waals surface area (Å²) in [5.41, 5.74) is 10.2. The SMILES string of the molecule is Cn1ccnc1-c1c2nc(c(-c3ccc(C(=O)[O-])cc3)c3ccc([nH]3)c(-c3nccn3C)c3nc(c(-c4ccc(C(=O)[O-])cc4)c4ccc1[nH]4)C=C3)C=C2.[Na+].[Na+]. The van der Waals surface area contributed by atoms with Crippen molar-refractivity contribution in [3.05, 3.63) is 131 Å². The number of fused-ring (bicyclic) bond motifs is 8. The molecule has 9 rings (SSSR count). The summed E-state index contributed by atoms with van der Waals surface area (Å²) in [6.45, 7) is 0. The van der Waals surface area contributed by atoms with Crippen LogP contribution in [0.4, 0.5) is 0 Å². The van der Waals surface area contributed by atoms with Crippen LogP contribution >= 0.6 is 0 Å². The summed E-state index contributed by atoms with van der Waals surface area (Å²) in [5, 5.41) is 23.3. The molecule has 0 fully saturated rings. The first-order valence-corrected chi connectivity index (χ1v) is 17.0. The van der Waals surface area contributed by atoms with Gasteiger partial charge in [-0.3, -0.25) is 0 Å². The number of carboxylic acids is 2. The Bertz CT molecular complexity index is 2720. The number of imidazole rings is 2. The van der Waals surface area contributed by atoms with Gasteiger partial charge in [0.2, 0.25) is 0 Å². The van der Waals surface area contributed by atoms with Gasteiger partial charge in [-0.05, 0) is 70.8 Å². The van der Waals surface area contributed by atoms with Crippen molar-refractivity contribution in [2.24, 2.45) is 14.1 Å². The first-order chi connectivity index (χ1) is 26.2. The van der Waals surface area contributed by atoms with Crippen LogP contribution in [0.5, 0.6) is 0 Å². The third-order valence-corrected chi connectivity index (χ3v) is 9.66. The van der Waals surface area contributed by atoms with E-state index in [4.69, 9.17) is 19.9 Å². The van der Waals surface area contributed by atoms with E-state index < -0.39 is 11.9 Å². The Balaban J connectivity index is 0.00000240. The normalized spacial score (nSPS) is 11.6. The van der Waals surface area contributed by atoms with Gasteiger partial charge in [-0.2, -0.15) is 0 Å². The fourth-order valence-corrected chi connectivity index (χ4v) is 7.04. The molecular formula is C42H28N8Na2O4. The zero-order valence-corrected chi connectivity index (χ0v) is 34.9. The van der Waals surface area contributed by atoms with Crippen LogP contribution in [0.1, 0.15) is 43.5 Å². The topological polar surface area (TPSA) is 173 Å². The number of carbonyl (C=O) groups excluding carboxylic acids is 2. The van der Waals surface area contributed by atoms with Gasteiger partial charge in [0.15, 0.2) is 0 Å². The average molecular weight is 755 g/mol. The molecule has 0 aliphatic carbocycles. The van der Waals surface area contributed by atoms with Crippen molar-refractivity contribution in [1.82, 2.24) is 39.0 Å². The Morgan fingerprint density at radius 3 is 1.12 bits per heavy atom. The van der Waals surface area contributed by atoms with E-state index in [1.54, 1.807) is 36.7 Å². The van der Waals surface area contributed by atoms with E-state index in [-0.39, 0.29) is 70.2 Å². The minimum atomic E-state index is -1.26. The molecular weight excluding hydrogens is 726 g/mol. The largest absolute Gasteiger partial charge is 1.00 e. The van der Waals surface area contributed by atoms with Crippen molar-refractivity contribution in [3.63, 3.8) is 0 Å². The molecule has 7 aromatic rings. The van der Waals surface area contributed by atoms with E-state index in [9.17, 15) is 19.8 Å². The number of nitrogens with one attached hydrogen (secondary N) is 2. The second-order valence-electron chi connectivity index (χ2n) is 13.0. The summed E-state index contributed by atoms with van der Waals surface area (Å²) in [4.78, 5) is 50.4. The van der Waals surface area contributed by atoms with Gasteiger partial charge in [0, 0.05) is 61.0 Å². The maximum atomic E-state index is 11.7. The van der Waals surface area contributed by atoms with Gasteiger partial charge in [0.1, 0.15) is 11.6 Å². The molecule has 0 radical (unpaired) electrons. The predicted molar refractivity (Wildman–Crippen MR) is 203 cm³/mol. The van der Waals surface area contributed by atoms with E-state index in [2.05, 4.69) is 9.97 Å². The number of carbonyl (C=O) groups is 2. The Hall–Kier alpha value is -5.60. The Labute approximate surface area is 364 Å². The fourth-order valence-electron chi connectivity index (χ4n) is 7.04. The van der Waals surface area contributed by atoms with Gasteiger partial charge in [0.05, 0.1) is 56.9 Å². The summed E-state index contributed by atoms with van der Waals surface area (Å²) in [6.07, 6.45) is 15.0. The molecule has 7 heterocycles. The summed E-state index contributed by atoms with van der Waals surface area (Å²) >= 11 is 0. The zero-order valence-electron chi connectivity index (χ0n) is 30.9. The van der Waals surface area contributed by atoms with Crippen molar-refractivity contribution in [2.45, 2.75) is 0 Å².